The highest BCUT2D eigenvalue weighted by Crippen LogP contribution is 2.40. The van der Waals surface area contributed by atoms with Crippen LogP contribution in [0.15, 0.2) is 18.3 Å². The predicted molar refractivity (Wildman–Crippen MR) is 108 cm³/mol. The van der Waals surface area contributed by atoms with Gasteiger partial charge in [-0.15, -0.1) is 0 Å². The number of nitrogens with zero attached hydrogens (tertiary/aromatic N) is 3. The van der Waals surface area contributed by atoms with E-state index in [2.05, 4.69) is 15.0 Å². The first kappa shape index (κ1) is 21.2. The quantitative estimate of drug-likeness (QED) is 0.714. The molecule has 2 aromatic heterocycles. The Bertz CT molecular complexity index is 1050. The lowest BCUT2D eigenvalue weighted by Crippen LogP contribution is -2.50. The number of halogens is 2. The van der Waals surface area contributed by atoms with E-state index in [1.54, 1.807) is 0 Å². The van der Waals surface area contributed by atoms with Gasteiger partial charge in [-0.05, 0) is 37.3 Å². The molecular formula is C19H22ClFN4O4S. The minimum absolute atomic E-state index is 0.0150. The summed E-state index contributed by atoms with van der Waals surface area (Å²) in [5.74, 6) is -1.54. The van der Waals surface area contributed by atoms with E-state index in [-0.39, 0.29) is 24.7 Å². The van der Waals surface area contributed by atoms with E-state index < -0.39 is 33.0 Å². The third-order valence-corrected chi connectivity index (χ3v) is 8.69. The molecule has 1 aliphatic heterocycles. The van der Waals surface area contributed by atoms with Gasteiger partial charge in [0, 0.05) is 19.0 Å². The van der Waals surface area contributed by atoms with Crippen LogP contribution in [-0.4, -0.2) is 57.1 Å². The standard InChI is InChI=1S/C19H22ClFN4O4S/c1-10-9-25(30(28,29)13-6-11(7-13)19(26)27)5-4-14(10)16-17(20)24-18(23-16)15-3-2-12(21)8-22-15/h2-3,8,10-11,13-14H,4-7,9H2,1H3,(H,23,24)(H,26,27)/t10-,11?,13?,14+/m1/s1. The van der Waals surface area contributed by atoms with Crippen LogP contribution >= 0.6 is 11.6 Å². The molecule has 11 heteroatoms. The number of hydrogen-bond acceptors (Lipinski definition) is 5. The highest BCUT2D eigenvalue weighted by atomic mass is 35.5. The normalized spacial score (nSPS) is 27.6. The van der Waals surface area contributed by atoms with Crippen LogP contribution in [0.2, 0.25) is 5.15 Å². The second-order valence-electron chi connectivity index (χ2n) is 8.06. The molecule has 1 aliphatic carbocycles. The van der Waals surface area contributed by atoms with Gasteiger partial charge in [0.2, 0.25) is 10.0 Å². The minimum atomic E-state index is -3.52. The van der Waals surface area contributed by atoms with Gasteiger partial charge in [-0.25, -0.2) is 27.1 Å². The number of piperidine rings is 1. The van der Waals surface area contributed by atoms with Crippen LogP contribution in [0.5, 0.6) is 0 Å². The van der Waals surface area contributed by atoms with Crippen LogP contribution in [0.1, 0.15) is 37.8 Å². The van der Waals surface area contributed by atoms with Gasteiger partial charge in [-0.1, -0.05) is 18.5 Å². The zero-order valence-corrected chi connectivity index (χ0v) is 17.8. The summed E-state index contributed by atoms with van der Waals surface area (Å²) in [6, 6.07) is 2.80. The van der Waals surface area contributed by atoms with Crippen LogP contribution in [0.3, 0.4) is 0 Å². The Hall–Kier alpha value is -2.04. The lowest BCUT2D eigenvalue weighted by molar-refractivity contribution is -0.144. The fourth-order valence-electron chi connectivity index (χ4n) is 4.24. The molecule has 2 N–H and O–H groups in total. The van der Waals surface area contributed by atoms with E-state index in [0.29, 0.717) is 36.2 Å². The van der Waals surface area contributed by atoms with Crippen LogP contribution in [0.4, 0.5) is 4.39 Å². The Morgan fingerprint density at radius 1 is 1.37 bits per heavy atom. The number of aromatic amines is 1. The van der Waals surface area contributed by atoms with Gasteiger partial charge in [-0.3, -0.25) is 4.79 Å². The second kappa shape index (κ2) is 7.90. The maximum atomic E-state index is 13.1. The summed E-state index contributed by atoms with van der Waals surface area (Å²) in [5.41, 5.74) is 1.19. The Morgan fingerprint density at radius 3 is 2.70 bits per heavy atom. The predicted octanol–water partition coefficient (Wildman–Crippen LogP) is 2.88. The third kappa shape index (κ3) is 3.83. The molecule has 162 valence electrons. The van der Waals surface area contributed by atoms with E-state index >= 15 is 0 Å². The smallest absolute Gasteiger partial charge is 0.306 e. The fraction of sp³-hybridized carbons (Fsp3) is 0.526. The highest BCUT2D eigenvalue weighted by molar-refractivity contribution is 7.89. The van der Waals surface area contributed by atoms with Crippen molar-refractivity contribution in [3.63, 3.8) is 0 Å². The van der Waals surface area contributed by atoms with Gasteiger partial charge >= 0.3 is 5.97 Å². The topological polar surface area (TPSA) is 116 Å². The zero-order valence-electron chi connectivity index (χ0n) is 16.3. The summed E-state index contributed by atoms with van der Waals surface area (Å²) in [6.07, 6.45) is 2.01. The zero-order chi connectivity index (χ0) is 21.6. The number of pyridine rings is 1. The number of carboxylic acid groups (broad SMARTS) is 1. The molecule has 8 nitrogen and oxygen atoms in total. The number of H-pyrrole nitrogens is 1. The van der Waals surface area contributed by atoms with E-state index in [1.165, 1.54) is 16.4 Å². The molecule has 1 saturated carbocycles. The Balaban J connectivity index is 1.46. The van der Waals surface area contributed by atoms with Crippen molar-refractivity contribution in [3.8, 4) is 11.5 Å². The maximum Gasteiger partial charge on any atom is 0.306 e. The molecule has 2 fully saturated rings. The minimum Gasteiger partial charge on any atom is -0.481 e. The summed E-state index contributed by atoms with van der Waals surface area (Å²) in [7, 11) is -3.52. The first-order chi connectivity index (χ1) is 14.2. The van der Waals surface area contributed by atoms with Crippen molar-refractivity contribution >= 4 is 27.6 Å². The van der Waals surface area contributed by atoms with Crippen molar-refractivity contribution in [2.45, 2.75) is 37.4 Å². The van der Waals surface area contributed by atoms with Crippen molar-refractivity contribution < 1.29 is 22.7 Å². The number of hydrogen-bond donors (Lipinski definition) is 2. The summed E-state index contributed by atoms with van der Waals surface area (Å²) < 4.78 is 40.3. The molecule has 2 aliphatic rings. The molecule has 4 rings (SSSR count). The molecule has 2 aromatic rings. The van der Waals surface area contributed by atoms with Crippen molar-refractivity contribution in [2.75, 3.05) is 13.1 Å². The first-order valence-corrected chi connectivity index (χ1v) is 11.6. The van der Waals surface area contributed by atoms with Gasteiger partial charge in [0.25, 0.3) is 0 Å². The van der Waals surface area contributed by atoms with Crippen LogP contribution < -0.4 is 0 Å². The number of imidazole rings is 1. The van der Waals surface area contributed by atoms with Crippen LogP contribution in [0, 0.1) is 17.7 Å². The SMILES string of the molecule is C[C@@H]1CN(S(=O)(=O)C2CC(C(=O)O)C2)CC[C@@H]1c1[nH]c(-c2ccc(F)cn2)nc1Cl. The second-order valence-corrected chi connectivity index (χ2v) is 10.6. The number of aliphatic carboxylic acids is 1. The number of rotatable bonds is 5. The summed E-state index contributed by atoms with van der Waals surface area (Å²) in [6.45, 7) is 2.63. The van der Waals surface area contributed by atoms with E-state index in [1.807, 2.05) is 6.92 Å². The van der Waals surface area contributed by atoms with Crippen molar-refractivity contribution in [2.24, 2.45) is 11.8 Å². The molecule has 0 aromatic carbocycles. The molecule has 0 radical (unpaired) electrons. The van der Waals surface area contributed by atoms with Gasteiger partial charge in [0.15, 0.2) is 11.0 Å². The molecule has 0 spiro atoms. The number of sulfonamides is 1. The average molecular weight is 457 g/mol. The summed E-state index contributed by atoms with van der Waals surface area (Å²) in [5, 5.41) is 8.68. The molecule has 1 saturated heterocycles. The largest absolute Gasteiger partial charge is 0.481 e. The summed E-state index contributed by atoms with van der Waals surface area (Å²) in [4.78, 5) is 22.5. The molecule has 0 bridgehead atoms. The Morgan fingerprint density at radius 2 is 2.10 bits per heavy atom. The fourth-order valence-corrected chi connectivity index (χ4v) is 6.68. The molecular weight excluding hydrogens is 435 g/mol. The lowest BCUT2D eigenvalue weighted by atomic mass is 9.85. The van der Waals surface area contributed by atoms with Crippen molar-refractivity contribution in [3.05, 3.63) is 35.0 Å². The molecule has 2 atom stereocenters. The molecule has 3 heterocycles. The number of carboxylic acids is 1. The van der Waals surface area contributed by atoms with Crippen molar-refractivity contribution in [1.82, 2.24) is 19.3 Å². The maximum absolute atomic E-state index is 13.1. The van der Waals surface area contributed by atoms with Gasteiger partial charge in [0.05, 0.1) is 23.1 Å². The highest BCUT2D eigenvalue weighted by Gasteiger charge is 2.46. The molecule has 0 amide bonds. The average Bonchev–Trinajstić information content (AvgIpc) is 3.02. The van der Waals surface area contributed by atoms with Gasteiger partial charge < -0.3 is 10.1 Å². The van der Waals surface area contributed by atoms with Crippen molar-refractivity contribution in [1.29, 1.82) is 0 Å². The van der Waals surface area contributed by atoms with Crippen LogP contribution in [-0.2, 0) is 14.8 Å². The summed E-state index contributed by atoms with van der Waals surface area (Å²) >= 11 is 6.35. The van der Waals surface area contributed by atoms with E-state index in [4.69, 9.17) is 16.7 Å². The number of aromatic nitrogens is 3. The van der Waals surface area contributed by atoms with E-state index in [9.17, 15) is 17.6 Å². The molecule has 30 heavy (non-hydrogen) atoms. The monoisotopic (exact) mass is 456 g/mol. The Labute approximate surface area is 178 Å². The first-order valence-electron chi connectivity index (χ1n) is 9.76. The molecule has 0 unspecified atom stereocenters. The van der Waals surface area contributed by atoms with Gasteiger partial charge in [-0.2, -0.15) is 0 Å². The third-order valence-electron chi connectivity index (χ3n) is 6.12. The van der Waals surface area contributed by atoms with E-state index in [0.717, 1.165) is 11.9 Å². The number of nitrogens with one attached hydrogen (secondary N) is 1. The van der Waals surface area contributed by atoms with Gasteiger partial charge in [0.1, 0.15) is 11.5 Å². The Kier molecular flexibility index (Phi) is 5.58. The number of carbonyl (C=O) groups is 1. The lowest BCUT2D eigenvalue weighted by Gasteiger charge is -2.40. The van der Waals surface area contributed by atoms with Crippen LogP contribution in [0.25, 0.3) is 11.5 Å².